The average Bonchev–Trinajstić information content (AvgIpc) is 2.65. The fraction of sp³-hybridized carbons (Fsp3) is 0.700. The lowest BCUT2D eigenvalue weighted by molar-refractivity contribution is 0.116. The van der Waals surface area contributed by atoms with Crippen LogP contribution in [-0.4, -0.2) is 34.6 Å². The van der Waals surface area contributed by atoms with Crippen molar-refractivity contribution in [2.75, 3.05) is 7.11 Å². The van der Waals surface area contributed by atoms with Crippen LogP contribution in [-0.2, 0) is 17.6 Å². The maximum Gasteiger partial charge on any atom is 0.229 e. The van der Waals surface area contributed by atoms with Gasteiger partial charge >= 0.3 is 0 Å². The molecule has 0 aromatic carbocycles. The lowest BCUT2D eigenvalue weighted by Gasteiger charge is -2.04. The minimum absolute atomic E-state index is 0.0227. The van der Waals surface area contributed by atoms with Gasteiger partial charge in [-0.1, -0.05) is 5.16 Å². The first kappa shape index (κ1) is 12.6. The highest BCUT2D eigenvalue weighted by molar-refractivity contribution is 4.91. The summed E-state index contributed by atoms with van der Waals surface area (Å²) < 4.78 is 10.0. The predicted molar refractivity (Wildman–Crippen MR) is 54.4 cm³/mol. The monoisotopic (exact) mass is 225 g/mol. The SMILES string of the molecule is COC(C)Cc1noc(CC(O)CC#N)n1. The Bertz CT molecular complexity index is 358. The Labute approximate surface area is 93.8 Å². The molecule has 0 aliphatic rings. The summed E-state index contributed by atoms with van der Waals surface area (Å²) in [5, 5.41) is 21.5. The van der Waals surface area contributed by atoms with Gasteiger partial charge in [0.1, 0.15) is 0 Å². The minimum atomic E-state index is -0.752. The zero-order valence-electron chi connectivity index (χ0n) is 9.38. The molecule has 1 heterocycles. The Hall–Kier alpha value is -1.45. The zero-order valence-corrected chi connectivity index (χ0v) is 9.38. The average molecular weight is 225 g/mol. The highest BCUT2D eigenvalue weighted by Crippen LogP contribution is 2.06. The molecule has 0 bridgehead atoms. The molecule has 0 aliphatic carbocycles. The van der Waals surface area contributed by atoms with Gasteiger partial charge in [-0.25, -0.2) is 0 Å². The number of ether oxygens (including phenoxy) is 1. The number of nitriles is 1. The molecule has 16 heavy (non-hydrogen) atoms. The van der Waals surface area contributed by atoms with E-state index in [9.17, 15) is 5.11 Å². The van der Waals surface area contributed by atoms with Crippen LogP contribution in [0.1, 0.15) is 25.1 Å². The first-order valence-electron chi connectivity index (χ1n) is 5.05. The van der Waals surface area contributed by atoms with Gasteiger partial charge in [0.15, 0.2) is 5.82 Å². The van der Waals surface area contributed by atoms with E-state index in [0.29, 0.717) is 18.1 Å². The van der Waals surface area contributed by atoms with Crippen molar-refractivity contribution in [2.24, 2.45) is 0 Å². The molecule has 1 aromatic heterocycles. The zero-order chi connectivity index (χ0) is 12.0. The number of aromatic nitrogens is 2. The van der Waals surface area contributed by atoms with Crippen LogP contribution in [0.25, 0.3) is 0 Å². The second kappa shape index (κ2) is 6.20. The summed E-state index contributed by atoms with van der Waals surface area (Å²) in [4.78, 5) is 4.09. The van der Waals surface area contributed by atoms with Crippen LogP contribution in [0.5, 0.6) is 0 Å². The van der Waals surface area contributed by atoms with Crippen molar-refractivity contribution >= 4 is 0 Å². The molecule has 0 saturated heterocycles. The molecule has 2 unspecified atom stereocenters. The Morgan fingerprint density at radius 3 is 2.94 bits per heavy atom. The molecule has 0 amide bonds. The Morgan fingerprint density at radius 2 is 2.31 bits per heavy atom. The Morgan fingerprint density at radius 1 is 1.56 bits per heavy atom. The lowest BCUT2D eigenvalue weighted by Crippen LogP contribution is -2.11. The van der Waals surface area contributed by atoms with E-state index in [4.69, 9.17) is 14.5 Å². The minimum Gasteiger partial charge on any atom is -0.392 e. The summed E-state index contributed by atoms with van der Waals surface area (Å²) in [6.07, 6.45) is 0.107. The van der Waals surface area contributed by atoms with Gasteiger partial charge in [0, 0.05) is 13.5 Å². The van der Waals surface area contributed by atoms with Gasteiger partial charge < -0.3 is 14.4 Å². The van der Waals surface area contributed by atoms with Gasteiger partial charge in [0.25, 0.3) is 0 Å². The van der Waals surface area contributed by atoms with Crippen LogP contribution in [0, 0.1) is 11.3 Å². The van der Waals surface area contributed by atoms with E-state index >= 15 is 0 Å². The van der Waals surface area contributed by atoms with Gasteiger partial charge in [-0.3, -0.25) is 0 Å². The number of nitrogens with zero attached hydrogens (tertiary/aromatic N) is 3. The van der Waals surface area contributed by atoms with Crippen molar-refractivity contribution < 1.29 is 14.4 Å². The van der Waals surface area contributed by atoms with E-state index in [1.165, 1.54) is 0 Å². The molecule has 1 N–H and O–H groups in total. The molecule has 2 atom stereocenters. The van der Waals surface area contributed by atoms with E-state index < -0.39 is 6.10 Å². The summed E-state index contributed by atoms with van der Waals surface area (Å²) in [6.45, 7) is 1.90. The molecule has 6 heteroatoms. The van der Waals surface area contributed by atoms with E-state index in [1.807, 2.05) is 13.0 Å². The molecular weight excluding hydrogens is 210 g/mol. The highest BCUT2D eigenvalue weighted by Gasteiger charge is 2.13. The molecule has 0 aliphatic heterocycles. The second-order valence-corrected chi connectivity index (χ2v) is 3.57. The molecule has 0 fully saturated rings. The molecular formula is C10H15N3O3. The summed E-state index contributed by atoms with van der Waals surface area (Å²) in [7, 11) is 1.61. The lowest BCUT2D eigenvalue weighted by atomic mass is 10.2. The van der Waals surface area contributed by atoms with Gasteiger partial charge in [-0.05, 0) is 6.92 Å². The first-order valence-corrected chi connectivity index (χ1v) is 5.05. The van der Waals surface area contributed by atoms with Crippen molar-refractivity contribution in [3.8, 4) is 6.07 Å². The van der Waals surface area contributed by atoms with E-state index in [1.54, 1.807) is 7.11 Å². The van der Waals surface area contributed by atoms with Gasteiger partial charge in [-0.2, -0.15) is 10.2 Å². The fourth-order valence-electron chi connectivity index (χ4n) is 1.18. The van der Waals surface area contributed by atoms with Crippen molar-refractivity contribution in [1.82, 2.24) is 10.1 Å². The van der Waals surface area contributed by atoms with Crippen LogP contribution >= 0.6 is 0 Å². The largest absolute Gasteiger partial charge is 0.392 e. The molecule has 0 saturated carbocycles. The number of hydrogen-bond acceptors (Lipinski definition) is 6. The highest BCUT2D eigenvalue weighted by atomic mass is 16.5. The van der Waals surface area contributed by atoms with Crippen LogP contribution in [0.3, 0.4) is 0 Å². The fourth-order valence-corrected chi connectivity index (χ4v) is 1.18. The second-order valence-electron chi connectivity index (χ2n) is 3.57. The number of methoxy groups -OCH3 is 1. The van der Waals surface area contributed by atoms with E-state index in [0.717, 1.165) is 0 Å². The van der Waals surface area contributed by atoms with Crippen molar-refractivity contribution in [1.29, 1.82) is 5.26 Å². The molecule has 0 spiro atoms. The van der Waals surface area contributed by atoms with Gasteiger partial charge in [0.2, 0.25) is 5.89 Å². The third kappa shape index (κ3) is 3.96. The van der Waals surface area contributed by atoms with Gasteiger partial charge in [-0.15, -0.1) is 0 Å². The molecule has 1 rings (SSSR count). The molecule has 88 valence electrons. The van der Waals surface area contributed by atoms with E-state index in [-0.39, 0.29) is 18.9 Å². The number of rotatable bonds is 6. The topological polar surface area (TPSA) is 92.2 Å². The molecule has 6 nitrogen and oxygen atoms in total. The van der Waals surface area contributed by atoms with Crippen molar-refractivity contribution in [3.63, 3.8) is 0 Å². The Kier molecular flexibility index (Phi) is 4.89. The van der Waals surface area contributed by atoms with Gasteiger partial charge in [0.05, 0.1) is 31.1 Å². The summed E-state index contributed by atoms with van der Waals surface area (Å²) in [5.41, 5.74) is 0. The van der Waals surface area contributed by atoms with Crippen LogP contribution in [0.2, 0.25) is 0 Å². The van der Waals surface area contributed by atoms with Crippen LogP contribution in [0.15, 0.2) is 4.52 Å². The maximum absolute atomic E-state index is 9.36. The molecule has 0 radical (unpaired) electrons. The van der Waals surface area contributed by atoms with Crippen molar-refractivity contribution in [2.45, 2.75) is 38.4 Å². The summed E-state index contributed by atoms with van der Waals surface area (Å²) in [5.74, 6) is 0.898. The first-order chi connectivity index (χ1) is 7.65. The quantitative estimate of drug-likeness (QED) is 0.756. The van der Waals surface area contributed by atoms with Crippen molar-refractivity contribution in [3.05, 3.63) is 11.7 Å². The summed E-state index contributed by atoms with van der Waals surface area (Å²) in [6, 6.07) is 1.88. The third-order valence-corrected chi connectivity index (χ3v) is 2.12. The maximum atomic E-state index is 9.36. The number of aliphatic hydroxyl groups is 1. The predicted octanol–water partition coefficient (Wildman–Crippen LogP) is 0.464. The Balaban J connectivity index is 2.48. The molecule has 1 aromatic rings. The number of hydrogen-bond donors (Lipinski definition) is 1. The third-order valence-electron chi connectivity index (χ3n) is 2.12. The normalized spacial score (nSPS) is 14.4. The number of aliphatic hydroxyl groups excluding tert-OH is 1. The standard InChI is InChI=1S/C10H15N3O3/c1-7(15-2)5-9-12-10(16-13-9)6-8(14)3-4-11/h7-8,14H,3,5-6H2,1-2H3. The smallest absolute Gasteiger partial charge is 0.229 e. The summed E-state index contributed by atoms with van der Waals surface area (Å²) >= 11 is 0. The van der Waals surface area contributed by atoms with Crippen LogP contribution in [0.4, 0.5) is 0 Å². The van der Waals surface area contributed by atoms with Crippen LogP contribution < -0.4 is 0 Å². The van der Waals surface area contributed by atoms with E-state index in [2.05, 4.69) is 10.1 Å².